The largest absolute Gasteiger partial charge is 0.493 e. The molecule has 0 aromatic heterocycles. The predicted molar refractivity (Wildman–Crippen MR) is 95.5 cm³/mol. The lowest BCUT2D eigenvalue weighted by molar-refractivity contribution is -0.133. The van der Waals surface area contributed by atoms with E-state index in [0.29, 0.717) is 13.2 Å². The first-order valence-corrected chi connectivity index (χ1v) is 8.82. The maximum Gasteiger partial charge on any atom is 0.239 e. The van der Waals surface area contributed by atoms with E-state index in [1.165, 1.54) is 0 Å². The Morgan fingerprint density at radius 2 is 2.17 bits per heavy atom. The first kappa shape index (κ1) is 18.6. The molecule has 1 amide bonds. The molecule has 1 heterocycles. The highest BCUT2D eigenvalue weighted by atomic mass is 16.5. The number of methoxy groups -OCH3 is 1. The smallest absolute Gasteiger partial charge is 0.239 e. The molecule has 134 valence electrons. The molecular formula is C19H30N2O3. The summed E-state index contributed by atoms with van der Waals surface area (Å²) in [5, 5.41) is 0. The van der Waals surface area contributed by atoms with E-state index in [0.717, 1.165) is 49.3 Å². The number of unbranched alkanes of at least 4 members (excludes halogenated alkanes) is 1. The van der Waals surface area contributed by atoms with Gasteiger partial charge in [0.05, 0.1) is 19.8 Å². The number of rotatable bonds is 8. The van der Waals surface area contributed by atoms with Crippen LogP contribution in [0.15, 0.2) is 18.2 Å². The van der Waals surface area contributed by atoms with Crippen LogP contribution in [0.2, 0.25) is 0 Å². The van der Waals surface area contributed by atoms with Gasteiger partial charge < -0.3 is 14.4 Å². The van der Waals surface area contributed by atoms with Crippen LogP contribution in [0.3, 0.4) is 0 Å². The fourth-order valence-electron chi connectivity index (χ4n) is 3.14. The number of benzene rings is 1. The van der Waals surface area contributed by atoms with Crippen molar-refractivity contribution in [2.75, 3.05) is 34.4 Å². The number of likely N-dealkylation sites (N-methyl/N-ethyl adjacent to an activating group) is 1. The molecule has 0 aliphatic carbocycles. The molecule has 0 spiro atoms. The van der Waals surface area contributed by atoms with E-state index in [4.69, 9.17) is 9.47 Å². The van der Waals surface area contributed by atoms with E-state index in [9.17, 15) is 4.79 Å². The number of nitrogens with zero attached hydrogens (tertiary/aromatic N) is 2. The second-order valence-electron chi connectivity index (χ2n) is 6.51. The third kappa shape index (κ3) is 4.41. The van der Waals surface area contributed by atoms with Gasteiger partial charge in [0.15, 0.2) is 11.5 Å². The summed E-state index contributed by atoms with van der Waals surface area (Å²) in [6.07, 6.45) is 4.09. The molecule has 1 aliphatic heterocycles. The van der Waals surface area contributed by atoms with Gasteiger partial charge in [-0.05, 0) is 31.9 Å². The zero-order chi connectivity index (χ0) is 17.5. The molecule has 0 bridgehead atoms. The number of carbonyl (C=O) groups excluding carboxylic acids is 1. The molecule has 0 saturated carbocycles. The van der Waals surface area contributed by atoms with Crippen molar-refractivity contribution >= 4 is 5.91 Å². The molecule has 0 unspecified atom stereocenters. The lowest BCUT2D eigenvalue weighted by Gasteiger charge is -2.27. The third-order valence-electron chi connectivity index (χ3n) is 4.49. The number of likely N-dealkylation sites (tertiary alicyclic amines) is 1. The van der Waals surface area contributed by atoms with Gasteiger partial charge in [0.1, 0.15) is 0 Å². The number of hydrogen-bond donors (Lipinski definition) is 0. The Labute approximate surface area is 145 Å². The number of ether oxygens (including phenoxy) is 2. The minimum Gasteiger partial charge on any atom is -0.493 e. The van der Waals surface area contributed by atoms with Gasteiger partial charge >= 0.3 is 0 Å². The van der Waals surface area contributed by atoms with E-state index in [1.54, 1.807) is 12.0 Å². The SMILES string of the molecule is CCCCOc1c(CN2CCC[C@H]2C(=O)N(C)C)cccc1OC. The summed E-state index contributed by atoms with van der Waals surface area (Å²) in [5.41, 5.74) is 1.09. The Morgan fingerprint density at radius 3 is 2.83 bits per heavy atom. The standard InChI is InChI=1S/C19H30N2O3/c1-5-6-13-24-18-15(9-7-11-17(18)23-4)14-21-12-8-10-16(21)19(22)20(2)3/h7,9,11,16H,5-6,8,10,12-14H2,1-4H3/t16-/m0/s1. The molecule has 1 aliphatic rings. The molecule has 1 fully saturated rings. The van der Waals surface area contributed by atoms with Gasteiger partial charge in [0.25, 0.3) is 0 Å². The second kappa shape index (κ2) is 8.92. The topological polar surface area (TPSA) is 42.0 Å². The first-order chi connectivity index (χ1) is 11.6. The summed E-state index contributed by atoms with van der Waals surface area (Å²) in [7, 11) is 5.31. The molecule has 1 aromatic rings. The van der Waals surface area contributed by atoms with Crippen LogP contribution in [0, 0.1) is 0 Å². The van der Waals surface area contributed by atoms with Crippen molar-refractivity contribution in [2.45, 2.75) is 45.2 Å². The maximum atomic E-state index is 12.4. The van der Waals surface area contributed by atoms with Crippen LogP contribution in [-0.4, -0.2) is 56.1 Å². The average molecular weight is 334 g/mol. The van der Waals surface area contributed by atoms with E-state index < -0.39 is 0 Å². The van der Waals surface area contributed by atoms with Gasteiger partial charge in [0, 0.05) is 26.2 Å². The number of hydrogen-bond acceptors (Lipinski definition) is 4. The lowest BCUT2D eigenvalue weighted by Crippen LogP contribution is -2.42. The normalized spacial score (nSPS) is 17.8. The molecule has 1 saturated heterocycles. The molecule has 2 rings (SSSR count). The third-order valence-corrected chi connectivity index (χ3v) is 4.49. The molecule has 1 aromatic carbocycles. The minimum absolute atomic E-state index is 0.0327. The molecule has 0 radical (unpaired) electrons. The van der Waals surface area contributed by atoms with E-state index in [-0.39, 0.29) is 11.9 Å². The Bertz CT molecular complexity index is 545. The van der Waals surface area contributed by atoms with Crippen molar-refractivity contribution in [2.24, 2.45) is 0 Å². The van der Waals surface area contributed by atoms with Gasteiger partial charge in [-0.2, -0.15) is 0 Å². The second-order valence-corrected chi connectivity index (χ2v) is 6.51. The van der Waals surface area contributed by atoms with Gasteiger partial charge in [-0.15, -0.1) is 0 Å². The number of amides is 1. The zero-order valence-corrected chi connectivity index (χ0v) is 15.4. The molecule has 0 N–H and O–H groups in total. The van der Waals surface area contributed by atoms with Crippen LogP contribution < -0.4 is 9.47 Å². The number of para-hydroxylation sites is 1. The Hall–Kier alpha value is -1.75. The van der Waals surface area contributed by atoms with Crippen molar-refractivity contribution in [3.63, 3.8) is 0 Å². The quantitative estimate of drug-likeness (QED) is 0.686. The van der Waals surface area contributed by atoms with Crippen LogP contribution in [-0.2, 0) is 11.3 Å². The first-order valence-electron chi connectivity index (χ1n) is 8.82. The summed E-state index contributed by atoms with van der Waals surface area (Å²) in [4.78, 5) is 16.3. The van der Waals surface area contributed by atoms with Gasteiger partial charge in [0.2, 0.25) is 5.91 Å². The summed E-state index contributed by atoms with van der Waals surface area (Å²) in [5.74, 6) is 1.76. The van der Waals surface area contributed by atoms with Crippen molar-refractivity contribution in [3.05, 3.63) is 23.8 Å². The van der Waals surface area contributed by atoms with Crippen molar-refractivity contribution in [3.8, 4) is 11.5 Å². The minimum atomic E-state index is -0.0327. The summed E-state index contributed by atoms with van der Waals surface area (Å²) in [6.45, 7) is 4.48. The van der Waals surface area contributed by atoms with Gasteiger partial charge in [-0.1, -0.05) is 25.5 Å². The molecule has 1 atom stereocenters. The lowest BCUT2D eigenvalue weighted by atomic mass is 10.1. The Balaban J connectivity index is 2.17. The molecule has 24 heavy (non-hydrogen) atoms. The molecule has 5 heteroatoms. The van der Waals surface area contributed by atoms with Crippen molar-refractivity contribution in [1.82, 2.24) is 9.80 Å². The van der Waals surface area contributed by atoms with Crippen LogP contribution in [0.5, 0.6) is 11.5 Å². The highest BCUT2D eigenvalue weighted by Gasteiger charge is 2.32. The highest BCUT2D eigenvalue weighted by Crippen LogP contribution is 2.33. The zero-order valence-electron chi connectivity index (χ0n) is 15.4. The Kier molecular flexibility index (Phi) is 6.91. The van der Waals surface area contributed by atoms with Gasteiger partial charge in [-0.25, -0.2) is 0 Å². The van der Waals surface area contributed by atoms with E-state index in [2.05, 4.69) is 17.9 Å². The molecular weight excluding hydrogens is 304 g/mol. The van der Waals surface area contributed by atoms with Gasteiger partial charge in [-0.3, -0.25) is 9.69 Å². The average Bonchev–Trinajstić information content (AvgIpc) is 3.03. The molecule has 5 nitrogen and oxygen atoms in total. The monoisotopic (exact) mass is 334 g/mol. The summed E-state index contributed by atoms with van der Waals surface area (Å²) in [6, 6.07) is 5.95. The van der Waals surface area contributed by atoms with E-state index in [1.807, 2.05) is 26.2 Å². The maximum absolute atomic E-state index is 12.4. The summed E-state index contributed by atoms with van der Waals surface area (Å²) >= 11 is 0. The predicted octanol–water partition coefficient (Wildman–Crippen LogP) is 2.93. The van der Waals surface area contributed by atoms with Crippen molar-refractivity contribution < 1.29 is 14.3 Å². The highest BCUT2D eigenvalue weighted by molar-refractivity contribution is 5.81. The Morgan fingerprint density at radius 1 is 1.38 bits per heavy atom. The fourth-order valence-corrected chi connectivity index (χ4v) is 3.14. The van der Waals surface area contributed by atoms with Crippen molar-refractivity contribution in [1.29, 1.82) is 0 Å². The fraction of sp³-hybridized carbons (Fsp3) is 0.632. The van der Waals surface area contributed by atoms with Crippen LogP contribution in [0.4, 0.5) is 0 Å². The number of carbonyl (C=O) groups is 1. The summed E-state index contributed by atoms with van der Waals surface area (Å²) < 4.78 is 11.5. The van der Waals surface area contributed by atoms with E-state index >= 15 is 0 Å². The van der Waals surface area contributed by atoms with Crippen LogP contribution >= 0.6 is 0 Å². The van der Waals surface area contributed by atoms with Crippen LogP contribution in [0.25, 0.3) is 0 Å². The van der Waals surface area contributed by atoms with Crippen LogP contribution in [0.1, 0.15) is 38.2 Å².